The van der Waals surface area contributed by atoms with Gasteiger partial charge in [-0.2, -0.15) is 0 Å². The zero-order chi connectivity index (χ0) is 13.7. The van der Waals surface area contributed by atoms with E-state index in [1.165, 1.54) is 7.11 Å². The summed E-state index contributed by atoms with van der Waals surface area (Å²) in [5, 5.41) is 0. The van der Waals surface area contributed by atoms with Crippen LogP contribution in [0.2, 0.25) is 0 Å². The molecule has 2 atom stereocenters. The van der Waals surface area contributed by atoms with Crippen molar-refractivity contribution in [3.63, 3.8) is 0 Å². The van der Waals surface area contributed by atoms with Gasteiger partial charge in [-0.25, -0.2) is 9.18 Å². The van der Waals surface area contributed by atoms with E-state index in [1.807, 2.05) is 0 Å². The lowest BCUT2D eigenvalue weighted by atomic mass is 10.0. The fourth-order valence-electron chi connectivity index (χ4n) is 1.43. The second kappa shape index (κ2) is 6.70. The molecule has 0 aliphatic rings. The van der Waals surface area contributed by atoms with Gasteiger partial charge in [0.15, 0.2) is 0 Å². The highest BCUT2D eigenvalue weighted by Gasteiger charge is 2.29. The zero-order valence-electron chi connectivity index (χ0n) is 10.2. The van der Waals surface area contributed by atoms with Crippen molar-refractivity contribution in [2.75, 3.05) is 13.7 Å². The van der Waals surface area contributed by atoms with Crippen LogP contribution in [0.15, 0.2) is 22.7 Å². The molecule has 1 aromatic carbocycles. The van der Waals surface area contributed by atoms with E-state index in [0.717, 1.165) is 0 Å². The third-order valence-electron chi connectivity index (χ3n) is 2.39. The molecule has 4 nitrogen and oxygen atoms in total. The number of ether oxygens (including phenoxy) is 2. The van der Waals surface area contributed by atoms with Crippen molar-refractivity contribution in [1.29, 1.82) is 0 Å². The molecule has 1 aromatic rings. The molecule has 1 rings (SSSR count). The Bertz CT molecular complexity index is 428. The fraction of sp³-hybridized carbons (Fsp3) is 0.417. The number of hydrogen-bond donors (Lipinski definition) is 1. The molecule has 6 heteroatoms. The summed E-state index contributed by atoms with van der Waals surface area (Å²) in [6.07, 6.45) is -1.91. The highest BCUT2D eigenvalue weighted by molar-refractivity contribution is 9.10. The minimum Gasteiger partial charge on any atom is -0.497 e. The predicted octanol–water partition coefficient (Wildman–Crippen LogP) is 2.36. The van der Waals surface area contributed by atoms with Gasteiger partial charge in [0, 0.05) is 4.47 Å². The third kappa shape index (κ3) is 3.43. The van der Waals surface area contributed by atoms with E-state index in [1.54, 1.807) is 25.1 Å². The summed E-state index contributed by atoms with van der Waals surface area (Å²) in [5.41, 5.74) is 6.19. The molecule has 100 valence electrons. The average molecular weight is 320 g/mol. The molecule has 2 N–H and O–H groups in total. The lowest BCUT2D eigenvalue weighted by Crippen LogP contribution is -2.31. The highest BCUT2D eigenvalue weighted by atomic mass is 79.9. The topological polar surface area (TPSA) is 61.5 Å². The second-order valence-corrected chi connectivity index (χ2v) is 4.42. The van der Waals surface area contributed by atoms with E-state index in [-0.39, 0.29) is 6.61 Å². The van der Waals surface area contributed by atoms with Crippen molar-refractivity contribution in [3.8, 4) is 5.75 Å². The maximum Gasteiger partial charge on any atom is 0.342 e. The number of alkyl halides is 1. The summed E-state index contributed by atoms with van der Waals surface area (Å²) in [6, 6.07) is 3.87. The minimum atomic E-state index is -1.91. The summed E-state index contributed by atoms with van der Waals surface area (Å²) < 4.78 is 24.1. The molecule has 0 amide bonds. The van der Waals surface area contributed by atoms with Gasteiger partial charge in [0.1, 0.15) is 5.75 Å². The van der Waals surface area contributed by atoms with Crippen LogP contribution in [0.25, 0.3) is 0 Å². The summed E-state index contributed by atoms with van der Waals surface area (Å²) >= 11 is 3.26. The van der Waals surface area contributed by atoms with E-state index in [2.05, 4.69) is 20.7 Å². The molecule has 0 radical (unpaired) electrons. The van der Waals surface area contributed by atoms with Crippen molar-refractivity contribution in [3.05, 3.63) is 28.2 Å². The first-order valence-electron chi connectivity index (χ1n) is 5.41. The minimum absolute atomic E-state index is 0.116. The maximum absolute atomic E-state index is 13.8. The Kier molecular flexibility index (Phi) is 5.55. The first-order chi connectivity index (χ1) is 8.51. The number of carbonyl (C=O) groups excluding carboxylic acids is 1. The Hall–Kier alpha value is -1.14. The molecule has 0 heterocycles. The van der Waals surface area contributed by atoms with E-state index in [4.69, 9.17) is 10.5 Å². The monoisotopic (exact) mass is 319 g/mol. The number of nitrogens with two attached hydrogens (primary N) is 1. The molecular weight excluding hydrogens is 305 g/mol. The van der Waals surface area contributed by atoms with Crippen LogP contribution in [0.5, 0.6) is 5.75 Å². The van der Waals surface area contributed by atoms with Gasteiger partial charge in [0.25, 0.3) is 0 Å². The normalized spacial score (nSPS) is 13.8. The van der Waals surface area contributed by atoms with Crippen LogP contribution in [0.4, 0.5) is 4.39 Å². The molecule has 0 bridgehead atoms. The predicted molar refractivity (Wildman–Crippen MR) is 69.2 cm³/mol. The smallest absolute Gasteiger partial charge is 0.342 e. The van der Waals surface area contributed by atoms with Gasteiger partial charge < -0.3 is 15.2 Å². The highest BCUT2D eigenvalue weighted by Crippen LogP contribution is 2.29. The molecule has 0 spiro atoms. The molecule has 0 saturated heterocycles. The van der Waals surface area contributed by atoms with E-state index in [9.17, 15) is 9.18 Å². The number of benzene rings is 1. The Labute approximate surface area is 113 Å². The van der Waals surface area contributed by atoms with Crippen molar-refractivity contribution >= 4 is 21.9 Å². The van der Waals surface area contributed by atoms with Crippen LogP contribution < -0.4 is 10.5 Å². The van der Waals surface area contributed by atoms with Gasteiger partial charge in [-0.15, -0.1) is 0 Å². The molecule has 0 aliphatic carbocycles. The summed E-state index contributed by atoms with van der Waals surface area (Å²) in [7, 11) is 1.50. The number of esters is 1. The summed E-state index contributed by atoms with van der Waals surface area (Å²) in [6.45, 7) is 1.73. The van der Waals surface area contributed by atoms with Crippen molar-refractivity contribution in [1.82, 2.24) is 0 Å². The Morgan fingerprint density at radius 3 is 2.78 bits per heavy atom. The zero-order valence-corrected chi connectivity index (χ0v) is 11.7. The van der Waals surface area contributed by atoms with Crippen LogP contribution in [-0.2, 0) is 9.53 Å². The average Bonchev–Trinajstić information content (AvgIpc) is 2.38. The van der Waals surface area contributed by atoms with Gasteiger partial charge in [-0.3, -0.25) is 0 Å². The number of carbonyl (C=O) groups is 1. The number of hydrogen-bond acceptors (Lipinski definition) is 4. The lowest BCUT2D eigenvalue weighted by molar-refractivity contribution is -0.149. The van der Waals surface area contributed by atoms with Crippen LogP contribution >= 0.6 is 15.9 Å². The van der Waals surface area contributed by atoms with Gasteiger partial charge >= 0.3 is 5.97 Å². The molecule has 0 aromatic heterocycles. The summed E-state index contributed by atoms with van der Waals surface area (Å²) in [4.78, 5) is 11.3. The third-order valence-corrected chi connectivity index (χ3v) is 3.11. The van der Waals surface area contributed by atoms with Gasteiger partial charge in [-0.05, 0) is 30.7 Å². The lowest BCUT2D eigenvalue weighted by Gasteiger charge is -2.17. The fourth-order valence-corrected chi connectivity index (χ4v) is 1.94. The first-order valence-corrected chi connectivity index (χ1v) is 6.20. The van der Waals surface area contributed by atoms with Crippen molar-refractivity contribution < 1.29 is 18.7 Å². The van der Waals surface area contributed by atoms with E-state index in [0.29, 0.717) is 15.8 Å². The van der Waals surface area contributed by atoms with E-state index >= 15 is 0 Å². The molecule has 0 fully saturated rings. The maximum atomic E-state index is 13.8. The largest absolute Gasteiger partial charge is 0.497 e. The quantitative estimate of drug-likeness (QED) is 0.846. The van der Waals surface area contributed by atoms with Crippen LogP contribution in [0, 0.1) is 0 Å². The molecule has 0 saturated carbocycles. The SMILES string of the molecule is CCOC(=O)C(F)[C@H](N)c1cc(OC)ccc1Br. The standard InChI is InChI=1S/C12H15BrFNO3/c1-3-18-12(16)10(14)11(15)8-6-7(17-2)4-5-9(8)13/h4-6,10-11H,3,15H2,1-2H3/t10?,11-/m1/s1. The van der Waals surface area contributed by atoms with Crippen LogP contribution in [0.1, 0.15) is 18.5 Å². The molecular formula is C12H15BrFNO3. The van der Waals surface area contributed by atoms with E-state index < -0.39 is 18.2 Å². The van der Waals surface area contributed by atoms with Gasteiger partial charge in [-0.1, -0.05) is 15.9 Å². The Morgan fingerprint density at radius 1 is 1.56 bits per heavy atom. The van der Waals surface area contributed by atoms with Gasteiger partial charge in [0.05, 0.1) is 19.8 Å². The van der Waals surface area contributed by atoms with Crippen LogP contribution in [0.3, 0.4) is 0 Å². The van der Waals surface area contributed by atoms with Crippen molar-refractivity contribution in [2.45, 2.75) is 19.1 Å². The van der Waals surface area contributed by atoms with Crippen LogP contribution in [-0.4, -0.2) is 25.9 Å². The molecule has 0 aliphatic heterocycles. The van der Waals surface area contributed by atoms with Gasteiger partial charge in [0.2, 0.25) is 6.17 Å². The number of methoxy groups -OCH3 is 1. The Balaban J connectivity index is 2.95. The number of rotatable bonds is 5. The second-order valence-electron chi connectivity index (χ2n) is 3.57. The summed E-state index contributed by atoms with van der Waals surface area (Å²) in [5.74, 6) is -0.417. The van der Waals surface area contributed by atoms with Crippen molar-refractivity contribution in [2.24, 2.45) is 5.73 Å². The Morgan fingerprint density at radius 2 is 2.22 bits per heavy atom. The molecule has 18 heavy (non-hydrogen) atoms. The molecule has 1 unspecified atom stereocenters. The first kappa shape index (κ1) is 14.9. The number of halogens is 2.